The Morgan fingerprint density at radius 1 is 1.25 bits per heavy atom. The fraction of sp³-hybridized carbons (Fsp3) is 0.429. The van der Waals surface area contributed by atoms with Gasteiger partial charge in [0.25, 0.3) is 5.91 Å². The quantitative estimate of drug-likeness (QED) is 0.782. The Hall–Kier alpha value is -2.08. The third-order valence-electron chi connectivity index (χ3n) is 3.54. The number of carbonyl (C=O) groups is 2. The molecule has 0 bridgehead atoms. The highest BCUT2D eigenvalue weighted by atomic mass is 16.4. The lowest BCUT2D eigenvalue weighted by Crippen LogP contribution is -2.49. The fourth-order valence-electron chi connectivity index (χ4n) is 2.26. The van der Waals surface area contributed by atoms with Crippen molar-refractivity contribution in [3.8, 4) is 0 Å². The first-order valence-corrected chi connectivity index (χ1v) is 6.57. The highest BCUT2D eigenvalue weighted by molar-refractivity contribution is 5.95. The lowest BCUT2D eigenvalue weighted by Gasteiger charge is -2.33. The van der Waals surface area contributed by atoms with Crippen LogP contribution in [-0.2, 0) is 4.79 Å². The van der Waals surface area contributed by atoms with Gasteiger partial charge in [-0.25, -0.2) is 0 Å². The molecule has 1 aliphatic rings. The number of amides is 1. The van der Waals surface area contributed by atoms with E-state index in [2.05, 4.69) is 0 Å². The van der Waals surface area contributed by atoms with Gasteiger partial charge in [-0.15, -0.1) is 0 Å². The molecule has 1 aliphatic heterocycles. The molecule has 0 spiro atoms. The van der Waals surface area contributed by atoms with Crippen LogP contribution in [0.25, 0.3) is 0 Å². The number of carboxylic acids is 1. The molecule has 0 atom stereocenters. The molecule has 6 nitrogen and oxygen atoms in total. The molecule has 1 heterocycles. The lowest BCUT2D eigenvalue weighted by molar-refractivity contribution is -0.138. The summed E-state index contributed by atoms with van der Waals surface area (Å²) in [5, 5.41) is 8.74. The first-order valence-electron chi connectivity index (χ1n) is 6.57. The smallest absolute Gasteiger partial charge is 0.317 e. The molecule has 20 heavy (non-hydrogen) atoms. The molecule has 0 unspecified atom stereocenters. The van der Waals surface area contributed by atoms with Crippen molar-refractivity contribution in [1.82, 2.24) is 9.80 Å². The van der Waals surface area contributed by atoms with Crippen LogP contribution in [0.4, 0.5) is 5.69 Å². The molecule has 3 N–H and O–H groups in total. The highest BCUT2D eigenvalue weighted by Gasteiger charge is 2.23. The Morgan fingerprint density at radius 3 is 2.45 bits per heavy atom. The number of carboxylic acid groups (broad SMARTS) is 1. The second kappa shape index (κ2) is 5.92. The molecule has 0 radical (unpaired) electrons. The number of anilines is 1. The molecule has 1 aromatic rings. The second-order valence-corrected chi connectivity index (χ2v) is 5.03. The number of hydrogen-bond acceptors (Lipinski definition) is 4. The van der Waals surface area contributed by atoms with Crippen LogP contribution in [-0.4, -0.2) is 59.5 Å². The van der Waals surface area contributed by atoms with Gasteiger partial charge in [0, 0.05) is 37.4 Å². The summed E-state index contributed by atoms with van der Waals surface area (Å²) in [7, 11) is 0. The van der Waals surface area contributed by atoms with Crippen molar-refractivity contribution in [3.05, 3.63) is 29.3 Å². The van der Waals surface area contributed by atoms with Crippen LogP contribution in [0.5, 0.6) is 0 Å². The van der Waals surface area contributed by atoms with Gasteiger partial charge in [-0.1, -0.05) is 6.07 Å². The number of carbonyl (C=O) groups excluding carboxylic acids is 1. The van der Waals surface area contributed by atoms with Crippen molar-refractivity contribution < 1.29 is 14.7 Å². The van der Waals surface area contributed by atoms with E-state index in [-0.39, 0.29) is 12.5 Å². The second-order valence-electron chi connectivity index (χ2n) is 5.03. The maximum Gasteiger partial charge on any atom is 0.317 e. The van der Waals surface area contributed by atoms with Crippen molar-refractivity contribution in [1.29, 1.82) is 0 Å². The predicted molar refractivity (Wildman–Crippen MR) is 75.6 cm³/mol. The Kier molecular flexibility index (Phi) is 4.24. The molecule has 1 amide bonds. The van der Waals surface area contributed by atoms with Crippen molar-refractivity contribution in [2.24, 2.45) is 0 Å². The first kappa shape index (κ1) is 14.3. The van der Waals surface area contributed by atoms with Crippen LogP contribution in [0, 0.1) is 6.92 Å². The van der Waals surface area contributed by atoms with Crippen molar-refractivity contribution in [3.63, 3.8) is 0 Å². The monoisotopic (exact) mass is 277 g/mol. The average molecular weight is 277 g/mol. The Bertz CT molecular complexity index is 522. The summed E-state index contributed by atoms with van der Waals surface area (Å²) in [6.07, 6.45) is 0. The summed E-state index contributed by atoms with van der Waals surface area (Å²) in [4.78, 5) is 26.5. The maximum atomic E-state index is 12.3. The first-order chi connectivity index (χ1) is 9.47. The normalized spacial score (nSPS) is 16.1. The van der Waals surface area contributed by atoms with Crippen molar-refractivity contribution in [2.75, 3.05) is 38.5 Å². The number of nitrogen functional groups attached to an aromatic ring is 1. The molecule has 0 aliphatic carbocycles. The number of benzene rings is 1. The zero-order valence-electron chi connectivity index (χ0n) is 11.5. The van der Waals surface area contributed by atoms with E-state index in [1.807, 2.05) is 17.9 Å². The average Bonchev–Trinajstić information content (AvgIpc) is 2.41. The van der Waals surface area contributed by atoms with Gasteiger partial charge in [-0.3, -0.25) is 14.5 Å². The summed E-state index contributed by atoms with van der Waals surface area (Å²) in [5.41, 5.74) is 7.97. The minimum Gasteiger partial charge on any atom is -0.480 e. The van der Waals surface area contributed by atoms with Gasteiger partial charge in [-0.2, -0.15) is 0 Å². The number of nitrogens with zero attached hydrogens (tertiary/aromatic N) is 2. The number of nitrogens with two attached hydrogens (primary N) is 1. The van der Waals surface area contributed by atoms with Crippen LogP contribution in [0.3, 0.4) is 0 Å². The third kappa shape index (κ3) is 3.27. The van der Waals surface area contributed by atoms with Gasteiger partial charge in [0.2, 0.25) is 0 Å². The van der Waals surface area contributed by atoms with E-state index < -0.39 is 5.97 Å². The highest BCUT2D eigenvalue weighted by Crippen LogP contribution is 2.15. The van der Waals surface area contributed by atoms with E-state index in [0.29, 0.717) is 37.4 Å². The number of aryl methyl sites for hydroxylation is 1. The van der Waals surface area contributed by atoms with E-state index in [0.717, 1.165) is 5.56 Å². The summed E-state index contributed by atoms with van der Waals surface area (Å²) in [6, 6.07) is 5.31. The van der Waals surface area contributed by atoms with E-state index in [1.165, 1.54) is 0 Å². The van der Waals surface area contributed by atoms with Gasteiger partial charge in [0.1, 0.15) is 0 Å². The van der Waals surface area contributed by atoms with E-state index in [4.69, 9.17) is 10.8 Å². The molecular formula is C14H19N3O3. The maximum absolute atomic E-state index is 12.3. The largest absolute Gasteiger partial charge is 0.480 e. The van der Waals surface area contributed by atoms with Crippen LogP contribution < -0.4 is 5.73 Å². The predicted octanol–water partition coefficient (Wildman–Crippen LogP) is 0.420. The number of rotatable bonds is 3. The summed E-state index contributed by atoms with van der Waals surface area (Å²) >= 11 is 0. The third-order valence-corrected chi connectivity index (χ3v) is 3.54. The number of hydrogen-bond donors (Lipinski definition) is 2. The fourth-order valence-corrected chi connectivity index (χ4v) is 2.26. The van der Waals surface area contributed by atoms with Crippen LogP contribution in [0.1, 0.15) is 15.9 Å². The standard InChI is InChI=1S/C14H19N3O3/c1-10-2-3-11(8-12(10)15)14(20)17-6-4-16(5-7-17)9-13(18)19/h2-3,8H,4-7,9,15H2,1H3,(H,18,19). The molecule has 2 rings (SSSR count). The molecule has 6 heteroatoms. The van der Waals surface area contributed by atoms with Crippen molar-refractivity contribution in [2.45, 2.75) is 6.92 Å². The minimum absolute atomic E-state index is 0.0273. The van der Waals surface area contributed by atoms with Crippen molar-refractivity contribution >= 4 is 17.6 Å². The molecule has 108 valence electrons. The van der Waals surface area contributed by atoms with Crippen LogP contribution in [0.15, 0.2) is 18.2 Å². The molecule has 1 fully saturated rings. The Balaban J connectivity index is 1.97. The SMILES string of the molecule is Cc1ccc(C(=O)N2CCN(CC(=O)O)CC2)cc1N. The number of aliphatic carboxylic acids is 1. The Labute approximate surface area is 117 Å². The minimum atomic E-state index is -0.837. The molecular weight excluding hydrogens is 258 g/mol. The summed E-state index contributed by atoms with van der Waals surface area (Å²) < 4.78 is 0. The van der Waals surface area contributed by atoms with Gasteiger partial charge in [-0.05, 0) is 24.6 Å². The number of piperazine rings is 1. The van der Waals surface area contributed by atoms with Crippen LogP contribution >= 0.6 is 0 Å². The molecule has 0 saturated carbocycles. The lowest BCUT2D eigenvalue weighted by atomic mass is 10.1. The van der Waals surface area contributed by atoms with Gasteiger partial charge in [0.05, 0.1) is 6.54 Å². The summed E-state index contributed by atoms with van der Waals surface area (Å²) in [6.45, 7) is 4.17. The van der Waals surface area contributed by atoms with Gasteiger partial charge < -0.3 is 15.7 Å². The van der Waals surface area contributed by atoms with Crippen LogP contribution in [0.2, 0.25) is 0 Å². The zero-order chi connectivity index (χ0) is 14.7. The van der Waals surface area contributed by atoms with E-state index >= 15 is 0 Å². The zero-order valence-corrected chi connectivity index (χ0v) is 11.5. The molecule has 1 saturated heterocycles. The van der Waals surface area contributed by atoms with Gasteiger partial charge in [0.15, 0.2) is 0 Å². The Morgan fingerprint density at radius 2 is 1.90 bits per heavy atom. The van der Waals surface area contributed by atoms with E-state index in [9.17, 15) is 9.59 Å². The van der Waals surface area contributed by atoms with Gasteiger partial charge >= 0.3 is 5.97 Å². The topological polar surface area (TPSA) is 86.9 Å². The molecule has 1 aromatic carbocycles. The summed E-state index contributed by atoms with van der Waals surface area (Å²) in [5.74, 6) is -0.886. The molecule has 0 aromatic heterocycles. The van der Waals surface area contributed by atoms with E-state index in [1.54, 1.807) is 17.0 Å².